The van der Waals surface area contributed by atoms with E-state index in [2.05, 4.69) is 10.3 Å². The Morgan fingerprint density at radius 2 is 1.97 bits per heavy atom. The van der Waals surface area contributed by atoms with Crippen LogP contribution in [0.15, 0.2) is 45.9 Å². The summed E-state index contributed by atoms with van der Waals surface area (Å²) < 4.78 is 27.7. The van der Waals surface area contributed by atoms with Gasteiger partial charge in [0.25, 0.3) is 11.8 Å². The first-order chi connectivity index (χ1) is 18.7. The van der Waals surface area contributed by atoms with Crippen LogP contribution in [0.25, 0.3) is 0 Å². The summed E-state index contributed by atoms with van der Waals surface area (Å²) in [7, 11) is -4.10. The standard InChI is InChI=1S/C27H34N4O6S2/c1-19-12-15-38-25(19)27(34)29-22(16-20-8-3-2-4-9-20)26(33)28-17-21-10-7-13-30(18-23(21)32)39(36,37)24-11-5-6-14-31(24)35/h5-6,11-12,14-15,17,20-22H,2-4,7-10,13,16,18H2,1H3,(H-,29,34,35)/p+1/t21?,22-/m0/s1. The summed E-state index contributed by atoms with van der Waals surface area (Å²) in [5.74, 6) is -1.60. The largest absolute Gasteiger partial charge is 0.361 e. The molecule has 0 spiro atoms. The minimum atomic E-state index is -4.10. The Morgan fingerprint density at radius 1 is 1.21 bits per heavy atom. The number of nitrogens with zero attached hydrogens (tertiary/aromatic N) is 3. The van der Waals surface area contributed by atoms with E-state index in [0.717, 1.165) is 35.6 Å². The summed E-state index contributed by atoms with van der Waals surface area (Å²) in [5, 5.41) is 14.3. The second-order valence-corrected chi connectivity index (χ2v) is 13.1. The van der Waals surface area contributed by atoms with Crippen LogP contribution >= 0.6 is 11.3 Å². The molecule has 2 atom stereocenters. The predicted octanol–water partition coefficient (Wildman–Crippen LogP) is 2.92. The number of hydrogen-bond donors (Lipinski definition) is 2. The lowest BCUT2D eigenvalue weighted by Gasteiger charge is -2.25. The SMILES string of the molecule is Cc1ccsc1C(=O)N[C@@H](CC1CCCCC1)C(=O)N=CC1CCCN(S(=O)(=O)c2cccc[n+]2O)CC1=O. The van der Waals surface area contributed by atoms with Crippen LogP contribution in [0.1, 0.15) is 66.6 Å². The normalized spacial score (nSPS) is 20.5. The van der Waals surface area contributed by atoms with Gasteiger partial charge in [0.2, 0.25) is 6.20 Å². The number of aromatic nitrogens is 1. The second kappa shape index (κ2) is 12.9. The summed E-state index contributed by atoms with van der Waals surface area (Å²) in [6.07, 6.45) is 9.11. The Kier molecular flexibility index (Phi) is 9.62. The minimum Gasteiger partial charge on any atom is -0.339 e. The molecule has 210 valence electrons. The van der Waals surface area contributed by atoms with Gasteiger partial charge in [-0.25, -0.2) is 13.4 Å². The lowest BCUT2D eigenvalue weighted by atomic mass is 9.84. The number of carbonyl (C=O) groups is 3. The average Bonchev–Trinajstić information content (AvgIpc) is 3.26. The van der Waals surface area contributed by atoms with Crippen molar-refractivity contribution in [3.05, 3.63) is 46.3 Å². The van der Waals surface area contributed by atoms with Crippen LogP contribution in [0, 0.1) is 18.8 Å². The zero-order chi connectivity index (χ0) is 28.0. The molecule has 2 N–H and O–H groups in total. The Hall–Kier alpha value is -2.96. The molecule has 2 amide bonds. The van der Waals surface area contributed by atoms with Crippen molar-refractivity contribution in [2.75, 3.05) is 13.1 Å². The molecule has 2 fully saturated rings. The molecule has 1 unspecified atom stereocenters. The third kappa shape index (κ3) is 7.17. The van der Waals surface area contributed by atoms with Crippen LogP contribution in [0.3, 0.4) is 0 Å². The Morgan fingerprint density at radius 3 is 2.67 bits per heavy atom. The smallest absolute Gasteiger partial charge is 0.339 e. The maximum Gasteiger partial charge on any atom is 0.361 e. The first-order valence-electron chi connectivity index (χ1n) is 13.3. The number of ketones is 1. The van der Waals surface area contributed by atoms with Crippen molar-refractivity contribution in [3.63, 3.8) is 0 Å². The molecule has 39 heavy (non-hydrogen) atoms. The summed E-state index contributed by atoms with van der Waals surface area (Å²) in [5.41, 5.74) is 0.843. The monoisotopic (exact) mass is 575 g/mol. The van der Waals surface area contributed by atoms with E-state index in [0.29, 0.717) is 34.8 Å². The lowest BCUT2D eigenvalue weighted by Crippen LogP contribution is -2.44. The Bertz CT molecular complexity index is 1330. The summed E-state index contributed by atoms with van der Waals surface area (Å²) in [6, 6.07) is 5.30. The average molecular weight is 576 g/mol. The summed E-state index contributed by atoms with van der Waals surface area (Å²) >= 11 is 1.32. The fraction of sp³-hybridized carbons (Fsp3) is 0.519. The molecule has 1 aliphatic carbocycles. The van der Waals surface area contributed by atoms with E-state index in [9.17, 15) is 28.0 Å². The third-order valence-electron chi connectivity index (χ3n) is 7.42. The molecule has 4 rings (SSSR count). The van der Waals surface area contributed by atoms with E-state index in [-0.39, 0.29) is 29.8 Å². The summed E-state index contributed by atoms with van der Waals surface area (Å²) in [4.78, 5) is 43.8. The van der Waals surface area contributed by atoms with Crippen LogP contribution < -0.4 is 10.0 Å². The molecule has 3 heterocycles. The van der Waals surface area contributed by atoms with Crippen LogP contribution in [-0.2, 0) is 19.6 Å². The first kappa shape index (κ1) is 29.0. The molecule has 10 nitrogen and oxygen atoms in total. The highest BCUT2D eigenvalue weighted by Crippen LogP contribution is 2.28. The number of carbonyl (C=O) groups excluding carboxylic acids is 3. The van der Waals surface area contributed by atoms with E-state index < -0.39 is 27.9 Å². The molecule has 1 saturated heterocycles. The molecular formula is C27H35N4O6S2+. The van der Waals surface area contributed by atoms with Crippen LogP contribution in [0.4, 0.5) is 0 Å². The second-order valence-electron chi connectivity index (χ2n) is 10.3. The van der Waals surface area contributed by atoms with Crippen molar-refractivity contribution in [2.24, 2.45) is 16.8 Å². The van der Waals surface area contributed by atoms with Crippen molar-refractivity contribution in [2.45, 2.75) is 69.4 Å². The number of aliphatic imine (C=N–C) groups is 1. The zero-order valence-electron chi connectivity index (χ0n) is 22.0. The quantitative estimate of drug-likeness (QED) is 0.282. The van der Waals surface area contributed by atoms with Gasteiger partial charge in [0.05, 0.1) is 17.3 Å². The number of Topliss-reactive ketones (excluding diaryl/α,β-unsaturated/α-hetero) is 1. The molecule has 1 saturated carbocycles. The van der Waals surface area contributed by atoms with Gasteiger partial charge in [-0.3, -0.25) is 19.6 Å². The van der Waals surface area contributed by atoms with Gasteiger partial charge in [0.15, 0.2) is 5.78 Å². The minimum absolute atomic E-state index is 0.0990. The third-order valence-corrected chi connectivity index (χ3v) is 10.3. The predicted molar refractivity (Wildman–Crippen MR) is 145 cm³/mol. The molecule has 0 aromatic carbocycles. The molecule has 2 aromatic rings. The first-order valence-corrected chi connectivity index (χ1v) is 15.6. The van der Waals surface area contributed by atoms with E-state index in [1.165, 1.54) is 48.4 Å². The van der Waals surface area contributed by atoms with E-state index in [4.69, 9.17) is 0 Å². The maximum atomic E-state index is 13.2. The molecule has 0 bridgehead atoms. The number of sulfonamides is 1. The Balaban J connectivity index is 1.45. The number of hydrogen-bond acceptors (Lipinski definition) is 7. The highest BCUT2D eigenvalue weighted by atomic mass is 32.2. The van der Waals surface area contributed by atoms with Gasteiger partial charge in [0, 0.05) is 29.6 Å². The van der Waals surface area contributed by atoms with Crippen molar-refractivity contribution >= 4 is 45.2 Å². The van der Waals surface area contributed by atoms with Gasteiger partial charge >= 0.3 is 15.0 Å². The molecule has 2 aromatic heterocycles. The highest BCUT2D eigenvalue weighted by molar-refractivity contribution is 7.89. The Labute approximate surface area is 232 Å². The zero-order valence-corrected chi connectivity index (χ0v) is 23.6. The number of rotatable bonds is 8. The van der Waals surface area contributed by atoms with Gasteiger partial charge in [-0.2, -0.15) is 4.31 Å². The molecule has 2 aliphatic rings. The fourth-order valence-corrected chi connectivity index (χ4v) is 7.50. The van der Waals surface area contributed by atoms with Gasteiger partial charge in [-0.15, -0.1) is 11.3 Å². The molecule has 1 aliphatic heterocycles. The number of pyridine rings is 1. The van der Waals surface area contributed by atoms with Crippen molar-refractivity contribution in [1.82, 2.24) is 9.62 Å². The molecule has 0 radical (unpaired) electrons. The van der Waals surface area contributed by atoms with Gasteiger partial charge in [-0.05, 0) is 55.2 Å². The van der Waals surface area contributed by atoms with E-state index in [1.54, 1.807) is 0 Å². The van der Waals surface area contributed by atoms with Crippen molar-refractivity contribution in [3.8, 4) is 0 Å². The van der Waals surface area contributed by atoms with Gasteiger partial charge in [-0.1, -0.05) is 32.1 Å². The van der Waals surface area contributed by atoms with E-state index >= 15 is 0 Å². The number of amides is 2. The van der Waals surface area contributed by atoms with Gasteiger partial charge in [0.1, 0.15) is 6.04 Å². The molecular weight excluding hydrogens is 540 g/mol. The number of aryl methyl sites for hydroxylation is 1. The van der Waals surface area contributed by atoms with Gasteiger partial charge < -0.3 is 5.32 Å². The topological polar surface area (TPSA) is 137 Å². The van der Waals surface area contributed by atoms with Crippen molar-refractivity contribution in [1.29, 1.82) is 0 Å². The number of nitrogens with one attached hydrogen (secondary N) is 1. The lowest BCUT2D eigenvalue weighted by molar-refractivity contribution is -0.933. The maximum absolute atomic E-state index is 13.2. The van der Waals surface area contributed by atoms with Crippen LogP contribution in [0.2, 0.25) is 0 Å². The fourth-order valence-electron chi connectivity index (χ4n) is 5.20. The van der Waals surface area contributed by atoms with E-state index in [1.807, 2.05) is 18.4 Å². The summed E-state index contributed by atoms with van der Waals surface area (Å²) in [6.45, 7) is 1.56. The van der Waals surface area contributed by atoms with Crippen LogP contribution in [-0.4, -0.2) is 60.9 Å². The van der Waals surface area contributed by atoms with Crippen molar-refractivity contribution < 1.29 is 32.7 Å². The number of thiophene rings is 1. The van der Waals surface area contributed by atoms with Crippen LogP contribution in [0.5, 0.6) is 0 Å². The highest BCUT2D eigenvalue weighted by Gasteiger charge is 2.37. The molecule has 12 heteroatoms.